The number of rotatable bonds is 43. The highest BCUT2D eigenvalue weighted by molar-refractivity contribution is 5.81. The lowest BCUT2D eigenvalue weighted by molar-refractivity contribution is -0.139. The fourth-order valence-corrected chi connectivity index (χ4v) is 7.07. The minimum Gasteiger partial charge on any atom is -0.379 e. The van der Waals surface area contributed by atoms with Gasteiger partial charge in [0.1, 0.15) is 0 Å². The van der Waals surface area contributed by atoms with E-state index in [0.29, 0.717) is 32.8 Å². The molecule has 0 rings (SSSR count). The molecule has 0 bridgehead atoms. The number of unbranched alkanes of at least 4 members (excludes halogenated alkanes) is 31. The van der Waals surface area contributed by atoms with Gasteiger partial charge in [-0.15, -0.1) is 0 Å². The number of hydrogen-bond donors (Lipinski definition) is 2. The third kappa shape index (κ3) is 36.1. The van der Waals surface area contributed by atoms with Crippen LogP contribution in [0.15, 0.2) is 0 Å². The highest BCUT2D eigenvalue weighted by Crippen LogP contribution is 2.16. The van der Waals surface area contributed by atoms with Crippen LogP contribution in [0.2, 0.25) is 0 Å². The zero-order chi connectivity index (χ0) is 37.3. The molecule has 6 nitrogen and oxygen atoms in total. The summed E-state index contributed by atoms with van der Waals surface area (Å²) < 4.78 is 12.1. The maximum Gasteiger partial charge on any atom is 0.253 e. The quantitative estimate of drug-likeness (QED) is 0.0283. The van der Waals surface area contributed by atoms with Crippen molar-refractivity contribution in [1.82, 2.24) is 5.01 Å². The Morgan fingerprint density at radius 2 is 0.686 bits per heavy atom. The predicted octanol–water partition coefficient (Wildman–Crippen LogP) is 13.1. The molecule has 306 valence electrons. The van der Waals surface area contributed by atoms with Crippen molar-refractivity contribution in [3.05, 3.63) is 0 Å². The van der Waals surface area contributed by atoms with Crippen molar-refractivity contribution in [3.63, 3.8) is 0 Å². The first-order valence-corrected chi connectivity index (χ1v) is 23.1. The predicted molar refractivity (Wildman–Crippen MR) is 223 cm³/mol. The van der Waals surface area contributed by atoms with Crippen molar-refractivity contribution in [2.24, 2.45) is 11.6 Å². The summed E-state index contributed by atoms with van der Waals surface area (Å²) in [7, 11) is 0. The average Bonchev–Trinajstić information content (AvgIpc) is 3.14. The van der Waals surface area contributed by atoms with Gasteiger partial charge in [0.25, 0.3) is 5.91 Å². The number of hydrazine groups is 1. The molecule has 0 radical (unpaired) electrons. The summed E-state index contributed by atoms with van der Waals surface area (Å²) in [4.78, 5) is 12.9. The molecule has 6 heteroatoms. The second kappa shape index (κ2) is 42.1. The normalized spacial score (nSPS) is 12.3. The van der Waals surface area contributed by atoms with Gasteiger partial charge in [-0.3, -0.25) is 9.80 Å². The molecule has 0 saturated carbocycles. The molecule has 1 unspecified atom stereocenters. The Balaban J connectivity index is 3.97. The lowest BCUT2D eigenvalue weighted by Gasteiger charge is -2.29. The molecule has 51 heavy (non-hydrogen) atoms. The Bertz CT molecular complexity index is 639. The van der Waals surface area contributed by atoms with E-state index in [2.05, 4.69) is 20.8 Å². The first-order chi connectivity index (χ1) is 25.1. The van der Waals surface area contributed by atoms with Gasteiger partial charge >= 0.3 is 0 Å². The lowest BCUT2D eigenvalue weighted by atomic mass is 10.0. The van der Waals surface area contributed by atoms with Gasteiger partial charge in [0.05, 0.1) is 25.3 Å². The lowest BCUT2D eigenvalue weighted by Crippen LogP contribution is -2.55. The van der Waals surface area contributed by atoms with E-state index in [4.69, 9.17) is 21.1 Å². The summed E-state index contributed by atoms with van der Waals surface area (Å²) >= 11 is 0. The number of nitrogens with zero attached hydrogens (tertiary/aromatic N) is 1. The maximum atomic E-state index is 12.9. The standard InChI is InChI=1S/C45H93N3O3/c1-4-7-10-12-14-16-18-20-22-24-26-28-30-32-34-36-39-50-41-43(48(47)45(49)44(46)38-9-6-3)42-51-40-37-35-33-31-29-27-25-23-21-19-17-15-13-11-8-5-2/h43-44H,4-42,46-47H2,1-3H3. The van der Waals surface area contributed by atoms with Crippen LogP contribution in [-0.4, -0.2) is 49.4 Å². The van der Waals surface area contributed by atoms with Gasteiger partial charge in [-0.05, 0) is 19.3 Å². The van der Waals surface area contributed by atoms with Crippen LogP contribution in [0, 0.1) is 0 Å². The highest BCUT2D eigenvalue weighted by atomic mass is 16.5. The molecule has 0 fully saturated rings. The zero-order valence-electron chi connectivity index (χ0n) is 35.1. The Hall–Kier alpha value is -0.690. The molecule has 0 spiro atoms. The molecule has 0 aliphatic carbocycles. The third-order valence-electron chi connectivity index (χ3n) is 10.7. The number of carbonyl (C=O) groups excluding carboxylic acids is 1. The van der Waals surface area contributed by atoms with Crippen LogP contribution in [0.25, 0.3) is 0 Å². The van der Waals surface area contributed by atoms with E-state index in [1.807, 2.05) is 0 Å². The van der Waals surface area contributed by atoms with Gasteiger partial charge < -0.3 is 15.2 Å². The molecule has 0 aliphatic rings. The smallest absolute Gasteiger partial charge is 0.253 e. The van der Waals surface area contributed by atoms with Crippen LogP contribution < -0.4 is 11.6 Å². The highest BCUT2D eigenvalue weighted by Gasteiger charge is 2.25. The molecule has 0 aromatic heterocycles. The molecule has 1 atom stereocenters. The van der Waals surface area contributed by atoms with E-state index in [9.17, 15) is 4.79 Å². The van der Waals surface area contributed by atoms with Gasteiger partial charge in [0.15, 0.2) is 0 Å². The summed E-state index contributed by atoms with van der Waals surface area (Å²) in [6.07, 6.45) is 46.1. The van der Waals surface area contributed by atoms with Crippen LogP contribution in [-0.2, 0) is 14.3 Å². The van der Waals surface area contributed by atoms with E-state index in [0.717, 1.165) is 25.7 Å². The van der Waals surface area contributed by atoms with Crippen molar-refractivity contribution < 1.29 is 14.3 Å². The van der Waals surface area contributed by atoms with Gasteiger partial charge in [0, 0.05) is 13.2 Å². The van der Waals surface area contributed by atoms with E-state index in [1.54, 1.807) is 0 Å². The van der Waals surface area contributed by atoms with Crippen LogP contribution in [0.5, 0.6) is 0 Å². The van der Waals surface area contributed by atoms with E-state index in [1.165, 1.54) is 198 Å². The fraction of sp³-hybridized carbons (Fsp3) is 0.978. The van der Waals surface area contributed by atoms with E-state index in [-0.39, 0.29) is 11.9 Å². The van der Waals surface area contributed by atoms with Crippen molar-refractivity contribution >= 4 is 5.91 Å². The molecule has 0 saturated heterocycles. The van der Waals surface area contributed by atoms with Gasteiger partial charge in [-0.25, -0.2) is 5.84 Å². The Kier molecular flexibility index (Phi) is 41.5. The largest absolute Gasteiger partial charge is 0.379 e. The summed E-state index contributed by atoms with van der Waals surface area (Å²) in [6, 6.07) is -0.856. The first kappa shape index (κ1) is 50.3. The molecule has 0 aromatic rings. The average molecular weight is 724 g/mol. The molecule has 0 heterocycles. The molecule has 1 amide bonds. The van der Waals surface area contributed by atoms with E-state index >= 15 is 0 Å². The Morgan fingerprint density at radius 3 is 0.961 bits per heavy atom. The van der Waals surface area contributed by atoms with Crippen molar-refractivity contribution in [1.29, 1.82) is 0 Å². The first-order valence-electron chi connectivity index (χ1n) is 23.1. The second-order valence-electron chi connectivity index (χ2n) is 15.9. The number of hydrogen-bond acceptors (Lipinski definition) is 5. The topological polar surface area (TPSA) is 90.8 Å². The summed E-state index contributed by atoms with van der Waals surface area (Å²) in [5.41, 5.74) is 6.19. The van der Waals surface area contributed by atoms with Gasteiger partial charge in [-0.1, -0.05) is 226 Å². The fourth-order valence-electron chi connectivity index (χ4n) is 7.07. The maximum absolute atomic E-state index is 12.9. The van der Waals surface area contributed by atoms with Crippen LogP contribution in [0.4, 0.5) is 0 Å². The van der Waals surface area contributed by atoms with Crippen LogP contribution in [0.1, 0.15) is 245 Å². The number of amides is 1. The number of ether oxygens (including phenoxy) is 2. The van der Waals surface area contributed by atoms with Gasteiger partial charge in [0.2, 0.25) is 0 Å². The summed E-state index contributed by atoms with van der Waals surface area (Å²) in [6.45, 7) is 8.91. The summed E-state index contributed by atoms with van der Waals surface area (Å²) in [5.74, 6) is 6.13. The number of carbonyl (C=O) groups is 1. The Labute approximate surface area is 320 Å². The van der Waals surface area contributed by atoms with Crippen molar-refractivity contribution in [3.8, 4) is 0 Å². The zero-order valence-corrected chi connectivity index (χ0v) is 35.1. The monoisotopic (exact) mass is 724 g/mol. The minimum atomic E-state index is -0.557. The molecular weight excluding hydrogens is 631 g/mol. The van der Waals surface area contributed by atoms with Crippen LogP contribution in [0.3, 0.4) is 0 Å². The van der Waals surface area contributed by atoms with Crippen LogP contribution >= 0.6 is 0 Å². The third-order valence-corrected chi connectivity index (χ3v) is 10.7. The SMILES string of the molecule is CCCCCCCCCCCCCCCCCCOCC(COCCCCCCCCCCCCCCCCCC)N(N)C(=O)C(N)CCCC. The van der Waals surface area contributed by atoms with Crippen molar-refractivity contribution in [2.45, 2.75) is 258 Å². The number of nitrogens with two attached hydrogens (primary N) is 2. The minimum absolute atomic E-state index is 0.203. The van der Waals surface area contributed by atoms with E-state index < -0.39 is 6.04 Å². The molecular formula is C45H93N3O3. The molecule has 0 aliphatic heterocycles. The summed E-state index contributed by atoms with van der Waals surface area (Å²) in [5, 5.41) is 1.31. The molecule has 4 N–H and O–H groups in total. The second-order valence-corrected chi connectivity index (χ2v) is 15.9. The van der Waals surface area contributed by atoms with Gasteiger partial charge in [-0.2, -0.15) is 0 Å². The van der Waals surface area contributed by atoms with Crippen molar-refractivity contribution in [2.75, 3.05) is 26.4 Å². The Morgan fingerprint density at radius 1 is 0.431 bits per heavy atom. The molecule has 0 aromatic carbocycles.